The largest absolute Gasteiger partial charge is 0.485 e. The first-order valence-corrected chi connectivity index (χ1v) is 6.15. The van der Waals surface area contributed by atoms with Crippen LogP contribution in [-0.4, -0.2) is 0 Å². The molecule has 0 amide bonds. The third kappa shape index (κ3) is 1.93. The van der Waals surface area contributed by atoms with Gasteiger partial charge in [-0.3, -0.25) is 0 Å². The Labute approximate surface area is 102 Å². The molecule has 0 bridgehead atoms. The van der Waals surface area contributed by atoms with Crippen LogP contribution < -0.4 is 4.74 Å². The second-order valence-corrected chi connectivity index (χ2v) is 4.69. The van der Waals surface area contributed by atoms with Crippen LogP contribution >= 0.6 is 0 Å². The van der Waals surface area contributed by atoms with Gasteiger partial charge in [-0.1, -0.05) is 55.5 Å². The standard InChI is InChI=1S/C16H16O/c1-12-11-16(13-7-3-2-4-8-13)17-15-10-6-5-9-14(12)15/h2-10,12,16H,11H2,1H3/t12?,16-/m1/s1. The molecule has 17 heavy (non-hydrogen) atoms. The highest BCUT2D eigenvalue weighted by Gasteiger charge is 2.25. The first kappa shape index (κ1) is 10.4. The zero-order valence-electron chi connectivity index (χ0n) is 9.97. The lowest BCUT2D eigenvalue weighted by Crippen LogP contribution is -2.17. The van der Waals surface area contributed by atoms with Crippen molar-refractivity contribution in [2.24, 2.45) is 0 Å². The van der Waals surface area contributed by atoms with Crippen molar-refractivity contribution in [1.82, 2.24) is 0 Å². The van der Waals surface area contributed by atoms with E-state index in [0.717, 1.165) is 12.2 Å². The Morgan fingerprint density at radius 1 is 0.941 bits per heavy atom. The molecule has 0 saturated heterocycles. The average molecular weight is 224 g/mol. The van der Waals surface area contributed by atoms with Crippen LogP contribution in [-0.2, 0) is 0 Å². The highest BCUT2D eigenvalue weighted by molar-refractivity contribution is 5.39. The van der Waals surface area contributed by atoms with E-state index in [1.165, 1.54) is 11.1 Å². The van der Waals surface area contributed by atoms with Gasteiger partial charge in [-0.05, 0) is 29.5 Å². The van der Waals surface area contributed by atoms with Crippen LogP contribution in [0.5, 0.6) is 5.75 Å². The first-order valence-electron chi connectivity index (χ1n) is 6.15. The van der Waals surface area contributed by atoms with Gasteiger partial charge in [0.25, 0.3) is 0 Å². The SMILES string of the molecule is CC1C[C@H](c2ccccc2)Oc2ccccc21. The number of hydrogen-bond acceptors (Lipinski definition) is 1. The average Bonchev–Trinajstić information content (AvgIpc) is 2.40. The number of fused-ring (bicyclic) bond motifs is 1. The van der Waals surface area contributed by atoms with E-state index in [1.54, 1.807) is 0 Å². The molecule has 2 aromatic rings. The van der Waals surface area contributed by atoms with Crippen LogP contribution in [0.15, 0.2) is 54.6 Å². The van der Waals surface area contributed by atoms with Gasteiger partial charge in [0.1, 0.15) is 11.9 Å². The predicted molar refractivity (Wildman–Crippen MR) is 69.3 cm³/mol. The van der Waals surface area contributed by atoms with E-state index < -0.39 is 0 Å². The van der Waals surface area contributed by atoms with Crippen molar-refractivity contribution >= 4 is 0 Å². The van der Waals surface area contributed by atoms with Crippen LogP contribution in [0.2, 0.25) is 0 Å². The maximum absolute atomic E-state index is 6.09. The summed E-state index contributed by atoms with van der Waals surface area (Å²) in [6.07, 6.45) is 1.25. The van der Waals surface area contributed by atoms with Crippen LogP contribution in [0, 0.1) is 0 Å². The maximum Gasteiger partial charge on any atom is 0.124 e. The molecule has 3 rings (SSSR count). The maximum atomic E-state index is 6.09. The molecule has 2 aromatic carbocycles. The Hall–Kier alpha value is -1.76. The van der Waals surface area contributed by atoms with E-state index in [1.807, 2.05) is 12.1 Å². The Balaban J connectivity index is 1.94. The summed E-state index contributed by atoms with van der Waals surface area (Å²) in [6.45, 7) is 2.28. The smallest absolute Gasteiger partial charge is 0.124 e. The molecule has 1 unspecified atom stereocenters. The minimum atomic E-state index is 0.195. The van der Waals surface area contributed by atoms with Crippen LogP contribution in [0.4, 0.5) is 0 Å². The summed E-state index contributed by atoms with van der Waals surface area (Å²) in [6, 6.07) is 18.8. The molecule has 1 nitrogen and oxygen atoms in total. The van der Waals surface area contributed by atoms with Crippen molar-refractivity contribution in [2.45, 2.75) is 25.4 Å². The Kier molecular flexibility index (Phi) is 2.60. The van der Waals surface area contributed by atoms with E-state index in [9.17, 15) is 0 Å². The molecule has 0 aliphatic carbocycles. The van der Waals surface area contributed by atoms with Gasteiger partial charge < -0.3 is 4.74 Å². The number of rotatable bonds is 1. The van der Waals surface area contributed by atoms with Crippen molar-refractivity contribution in [1.29, 1.82) is 0 Å². The van der Waals surface area contributed by atoms with Gasteiger partial charge >= 0.3 is 0 Å². The molecule has 2 atom stereocenters. The predicted octanol–water partition coefficient (Wildman–Crippen LogP) is 4.31. The van der Waals surface area contributed by atoms with Crippen molar-refractivity contribution in [2.75, 3.05) is 0 Å². The highest BCUT2D eigenvalue weighted by atomic mass is 16.5. The Morgan fingerprint density at radius 2 is 1.65 bits per heavy atom. The van der Waals surface area contributed by atoms with Crippen molar-refractivity contribution in [3.63, 3.8) is 0 Å². The lowest BCUT2D eigenvalue weighted by molar-refractivity contribution is 0.164. The number of hydrogen-bond donors (Lipinski definition) is 0. The summed E-state index contributed by atoms with van der Waals surface area (Å²) in [7, 11) is 0. The summed E-state index contributed by atoms with van der Waals surface area (Å²) in [5.41, 5.74) is 2.61. The molecular weight excluding hydrogens is 208 g/mol. The summed E-state index contributed by atoms with van der Waals surface area (Å²) in [5.74, 6) is 1.60. The summed E-state index contributed by atoms with van der Waals surface area (Å²) < 4.78 is 6.09. The summed E-state index contributed by atoms with van der Waals surface area (Å²) in [4.78, 5) is 0. The van der Waals surface area contributed by atoms with Crippen LogP contribution in [0.25, 0.3) is 0 Å². The second kappa shape index (κ2) is 4.25. The van der Waals surface area contributed by atoms with E-state index in [0.29, 0.717) is 5.92 Å². The zero-order valence-corrected chi connectivity index (χ0v) is 9.97. The molecule has 0 aromatic heterocycles. The lowest BCUT2D eigenvalue weighted by atomic mass is 9.89. The monoisotopic (exact) mass is 224 g/mol. The van der Waals surface area contributed by atoms with Crippen molar-refractivity contribution in [3.05, 3.63) is 65.7 Å². The fraction of sp³-hybridized carbons (Fsp3) is 0.250. The quantitative estimate of drug-likeness (QED) is 0.701. The van der Waals surface area contributed by atoms with Gasteiger partial charge in [-0.2, -0.15) is 0 Å². The fourth-order valence-electron chi connectivity index (χ4n) is 2.52. The fourth-order valence-corrected chi connectivity index (χ4v) is 2.52. The van der Waals surface area contributed by atoms with Gasteiger partial charge in [0, 0.05) is 0 Å². The lowest BCUT2D eigenvalue weighted by Gasteiger charge is -2.30. The van der Waals surface area contributed by atoms with Gasteiger partial charge in [0.15, 0.2) is 0 Å². The summed E-state index contributed by atoms with van der Waals surface area (Å²) >= 11 is 0. The van der Waals surface area contributed by atoms with E-state index in [4.69, 9.17) is 4.74 Å². The molecule has 1 aliphatic heterocycles. The van der Waals surface area contributed by atoms with Crippen LogP contribution in [0.1, 0.15) is 36.5 Å². The van der Waals surface area contributed by atoms with Gasteiger partial charge in [0.2, 0.25) is 0 Å². The molecule has 0 saturated carbocycles. The Morgan fingerprint density at radius 3 is 2.47 bits per heavy atom. The van der Waals surface area contributed by atoms with E-state index in [-0.39, 0.29) is 6.10 Å². The third-order valence-electron chi connectivity index (χ3n) is 3.46. The molecule has 1 heteroatoms. The molecular formula is C16H16O. The summed E-state index contributed by atoms with van der Waals surface area (Å²) in [5, 5.41) is 0. The number of benzene rings is 2. The van der Waals surface area contributed by atoms with Crippen LogP contribution in [0.3, 0.4) is 0 Å². The molecule has 0 radical (unpaired) electrons. The second-order valence-electron chi connectivity index (χ2n) is 4.69. The van der Waals surface area contributed by atoms with E-state index >= 15 is 0 Å². The molecule has 0 fully saturated rings. The molecule has 86 valence electrons. The molecule has 0 N–H and O–H groups in total. The molecule has 1 heterocycles. The Bertz CT molecular complexity index is 504. The minimum Gasteiger partial charge on any atom is -0.485 e. The van der Waals surface area contributed by atoms with E-state index in [2.05, 4.69) is 49.4 Å². The third-order valence-corrected chi connectivity index (χ3v) is 3.46. The molecule has 0 spiro atoms. The van der Waals surface area contributed by atoms with Crippen molar-refractivity contribution < 1.29 is 4.74 Å². The zero-order chi connectivity index (χ0) is 11.7. The van der Waals surface area contributed by atoms with Crippen molar-refractivity contribution in [3.8, 4) is 5.75 Å². The number of ether oxygens (including phenoxy) is 1. The number of para-hydroxylation sites is 1. The van der Waals surface area contributed by atoms with Gasteiger partial charge in [-0.25, -0.2) is 0 Å². The minimum absolute atomic E-state index is 0.195. The molecule has 1 aliphatic rings. The van der Waals surface area contributed by atoms with Gasteiger partial charge in [-0.15, -0.1) is 0 Å². The van der Waals surface area contributed by atoms with Gasteiger partial charge in [0.05, 0.1) is 0 Å². The topological polar surface area (TPSA) is 9.23 Å². The first-order chi connectivity index (χ1) is 8.34. The highest BCUT2D eigenvalue weighted by Crippen LogP contribution is 2.41. The normalized spacial score (nSPS) is 22.6.